The molecule has 2 heterocycles. The van der Waals surface area contributed by atoms with Crippen LogP contribution < -0.4 is 16.2 Å². The predicted octanol–water partition coefficient (Wildman–Crippen LogP) is 5.35. The number of hydrogen-bond acceptors (Lipinski definition) is 4. The van der Waals surface area contributed by atoms with Gasteiger partial charge in [0.15, 0.2) is 0 Å². The number of fused-ring (bicyclic) bond motifs is 1. The van der Waals surface area contributed by atoms with Gasteiger partial charge in [0.05, 0.1) is 10.3 Å². The van der Waals surface area contributed by atoms with Gasteiger partial charge < -0.3 is 15.2 Å². The van der Waals surface area contributed by atoms with E-state index in [0.717, 1.165) is 21.4 Å². The Labute approximate surface area is 214 Å². The molecule has 7 heteroatoms. The first kappa shape index (κ1) is 25.1. The predicted molar refractivity (Wildman–Crippen MR) is 148 cm³/mol. The van der Waals surface area contributed by atoms with Crippen LogP contribution in [0.3, 0.4) is 0 Å². The maximum absolute atomic E-state index is 13.0. The second-order valence-electron chi connectivity index (χ2n) is 8.78. The van der Waals surface area contributed by atoms with Crippen molar-refractivity contribution in [1.29, 1.82) is 0 Å². The molecule has 4 aromatic rings. The van der Waals surface area contributed by atoms with Gasteiger partial charge in [-0.3, -0.25) is 14.4 Å². The highest BCUT2D eigenvalue weighted by Crippen LogP contribution is 2.37. The second-order valence-corrected chi connectivity index (χ2v) is 9.84. The van der Waals surface area contributed by atoms with Gasteiger partial charge >= 0.3 is 0 Å². The van der Waals surface area contributed by atoms with Crippen molar-refractivity contribution in [2.24, 2.45) is 7.05 Å². The molecule has 0 spiro atoms. The van der Waals surface area contributed by atoms with Crippen LogP contribution in [-0.2, 0) is 18.3 Å². The van der Waals surface area contributed by atoms with Crippen LogP contribution >= 0.6 is 11.3 Å². The highest BCUT2D eigenvalue weighted by Gasteiger charge is 2.19. The molecule has 2 aromatic carbocycles. The smallest absolute Gasteiger partial charge is 0.261 e. The number of anilines is 1. The average Bonchev–Trinajstić information content (AvgIpc) is 3.30. The van der Waals surface area contributed by atoms with E-state index in [0.29, 0.717) is 28.9 Å². The fourth-order valence-electron chi connectivity index (χ4n) is 4.37. The number of nitrogens with one attached hydrogen (secondary N) is 2. The minimum atomic E-state index is -0.302. The lowest BCUT2D eigenvalue weighted by Crippen LogP contribution is -2.21. The van der Waals surface area contributed by atoms with E-state index in [1.165, 1.54) is 34.1 Å². The number of pyridine rings is 1. The molecule has 6 nitrogen and oxygen atoms in total. The maximum Gasteiger partial charge on any atom is 0.261 e. The molecule has 0 fully saturated rings. The molecule has 0 unspecified atom stereocenters. The molecule has 0 aliphatic heterocycles. The van der Waals surface area contributed by atoms with E-state index >= 15 is 0 Å². The third kappa shape index (κ3) is 4.88. The van der Waals surface area contributed by atoms with Crippen molar-refractivity contribution in [3.05, 3.63) is 98.8 Å². The molecule has 0 saturated heterocycles. The molecule has 0 bridgehead atoms. The van der Waals surface area contributed by atoms with Crippen LogP contribution in [-0.4, -0.2) is 22.9 Å². The molecular formula is C29H29N3O3S. The van der Waals surface area contributed by atoms with Gasteiger partial charge in [-0.05, 0) is 79.3 Å². The average molecular weight is 500 g/mol. The van der Waals surface area contributed by atoms with Crippen LogP contribution in [0.25, 0.3) is 21.2 Å². The minimum Gasteiger partial charge on any atom is -0.352 e. The number of rotatable bonds is 7. The van der Waals surface area contributed by atoms with E-state index in [1.54, 1.807) is 17.7 Å². The first-order valence-corrected chi connectivity index (χ1v) is 12.6. The summed E-state index contributed by atoms with van der Waals surface area (Å²) in [4.78, 5) is 38.1. The second kappa shape index (κ2) is 10.3. The van der Waals surface area contributed by atoms with E-state index in [2.05, 4.69) is 43.2 Å². The fourth-order valence-corrected chi connectivity index (χ4v) is 5.46. The normalized spacial score (nSPS) is 10.9. The monoisotopic (exact) mass is 499 g/mol. The van der Waals surface area contributed by atoms with Gasteiger partial charge in [-0.1, -0.05) is 30.8 Å². The Bertz CT molecular complexity index is 1540. The quantitative estimate of drug-likeness (QED) is 0.337. The van der Waals surface area contributed by atoms with Gasteiger partial charge in [0.25, 0.3) is 11.5 Å². The highest BCUT2D eigenvalue weighted by atomic mass is 32.1. The summed E-state index contributed by atoms with van der Waals surface area (Å²) in [5, 5.41) is 6.16. The van der Waals surface area contributed by atoms with Crippen molar-refractivity contribution in [3.8, 4) is 11.1 Å². The summed E-state index contributed by atoms with van der Waals surface area (Å²) in [5.41, 5.74) is 6.88. The molecule has 2 amide bonds. The Kier molecular flexibility index (Phi) is 7.22. The Balaban J connectivity index is 1.97. The number of thiophene rings is 1. The summed E-state index contributed by atoms with van der Waals surface area (Å²) in [6.07, 6.45) is 3.72. The Morgan fingerprint density at radius 1 is 1.08 bits per heavy atom. The lowest BCUT2D eigenvalue weighted by molar-refractivity contribution is -0.111. The molecule has 0 aliphatic rings. The summed E-state index contributed by atoms with van der Waals surface area (Å²) in [6.45, 7) is 10.1. The first-order valence-electron chi connectivity index (χ1n) is 11.8. The van der Waals surface area contributed by atoms with Crippen molar-refractivity contribution >= 4 is 38.9 Å². The van der Waals surface area contributed by atoms with Crippen molar-refractivity contribution in [2.45, 2.75) is 27.2 Å². The largest absolute Gasteiger partial charge is 0.352 e. The number of nitrogens with zero attached hydrogens (tertiary/aromatic N) is 1. The van der Waals surface area contributed by atoms with Crippen LogP contribution in [0.15, 0.2) is 66.1 Å². The van der Waals surface area contributed by atoms with Crippen LogP contribution in [0.5, 0.6) is 0 Å². The summed E-state index contributed by atoms with van der Waals surface area (Å²) < 4.78 is 2.29. The number of carbonyl (C=O) groups is 2. The van der Waals surface area contributed by atoms with Crippen molar-refractivity contribution in [3.63, 3.8) is 0 Å². The fraction of sp³-hybridized carbons (Fsp3) is 0.207. The molecule has 0 saturated carbocycles. The van der Waals surface area contributed by atoms with Gasteiger partial charge in [0.1, 0.15) is 0 Å². The van der Waals surface area contributed by atoms with E-state index in [1.807, 2.05) is 37.4 Å². The number of hydrogen-bond donors (Lipinski definition) is 2. The van der Waals surface area contributed by atoms with Crippen LogP contribution in [0, 0.1) is 13.8 Å². The van der Waals surface area contributed by atoms with Gasteiger partial charge in [0, 0.05) is 35.7 Å². The number of amides is 2. The molecule has 2 aromatic heterocycles. The topological polar surface area (TPSA) is 80.2 Å². The van der Waals surface area contributed by atoms with Crippen LogP contribution in [0.2, 0.25) is 0 Å². The maximum atomic E-state index is 13.0. The zero-order valence-electron chi connectivity index (χ0n) is 20.9. The molecule has 4 rings (SSSR count). The van der Waals surface area contributed by atoms with E-state index in [-0.39, 0.29) is 17.4 Å². The lowest BCUT2D eigenvalue weighted by atomic mass is 9.91. The van der Waals surface area contributed by atoms with Gasteiger partial charge in [-0.15, -0.1) is 11.3 Å². The molecule has 2 N–H and O–H groups in total. The molecule has 184 valence electrons. The Hall–Kier alpha value is -3.97. The first-order chi connectivity index (χ1) is 17.2. The van der Waals surface area contributed by atoms with Crippen LogP contribution in [0.1, 0.15) is 38.8 Å². The van der Waals surface area contributed by atoms with Gasteiger partial charge in [0.2, 0.25) is 5.91 Å². The molecular weight excluding hydrogens is 470 g/mol. The third-order valence-electron chi connectivity index (χ3n) is 6.28. The third-order valence-corrected chi connectivity index (χ3v) is 7.44. The molecule has 0 radical (unpaired) electrons. The molecule has 36 heavy (non-hydrogen) atoms. The Morgan fingerprint density at radius 3 is 2.47 bits per heavy atom. The zero-order valence-corrected chi connectivity index (χ0v) is 21.7. The number of benzene rings is 2. The number of aromatic nitrogens is 1. The van der Waals surface area contributed by atoms with E-state index in [4.69, 9.17) is 0 Å². The lowest BCUT2D eigenvalue weighted by Gasteiger charge is -2.16. The minimum absolute atomic E-state index is 0.159. The van der Waals surface area contributed by atoms with Gasteiger partial charge in [-0.2, -0.15) is 0 Å². The Morgan fingerprint density at radius 2 is 1.81 bits per heavy atom. The SMILES string of the molecule is C=CC(=O)Nc1ccc(Cc2c(C)cccc2C)c(-c2cn(C)c(=O)c3cc(C(=O)NCC)sc23)c1. The van der Waals surface area contributed by atoms with E-state index in [9.17, 15) is 14.4 Å². The molecule has 0 aliphatic carbocycles. The zero-order chi connectivity index (χ0) is 26.0. The summed E-state index contributed by atoms with van der Waals surface area (Å²) in [6, 6.07) is 13.7. The number of aryl methyl sites for hydroxylation is 3. The standard InChI is InChI=1S/C29H29N3O3S/c1-6-26(33)31-20-12-11-19(13-21-17(3)9-8-10-18(21)4)22(14-20)24-16-32(5)29(35)23-15-25(36-27(23)24)28(34)30-7-2/h6,8-12,14-16H,1,7,13H2,2-5H3,(H,30,34)(H,31,33). The summed E-state index contributed by atoms with van der Waals surface area (Å²) in [5.74, 6) is -0.502. The summed E-state index contributed by atoms with van der Waals surface area (Å²) >= 11 is 1.31. The summed E-state index contributed by atoms with van der Waals surface area (Å²) in [7, 11) is 1.71. The van der Waals surface area contributed by atoms with E-state index < -0.39 is 0 Å². The number of carbonyl (C=O) groups excluding carboxylic acids is 2. The van der Waals surface area contributed by atoms with Gasteiger partial charge in [-0.25, -0.2) is 0 Å². The van der Waals surface area contributed by atoms with Crippen molar-refractivity contribution in [1.82, 2.24) is 9.88 Å². The highest BCUT2D eigenvalue weighted by molar-refractivity contribution is 7.21. The van der Waals surface area contributed by atoms with Crippen molar-refractivity contribution < 1.29 is 9.59 Å². The van der Waals surface area contributed by atoms with Crippen LogP contribution in [0.4, 0.5) is 5.69 Å². The van der Waals surface area contributed by atoms with Crippen molar-refractivity contribution in [2.75, 3.05) is 11.9 Å². The molecule has 0 atom stereocenters.